The SMILES string of the molecule is CCCCC/C=C\CC/C=C/CN(CCC)C(=O)C1CC1. The first-order chi connectivity index (χ1) is 10.3. The van der Waals surface area contributed by atoms with Gasteiger partial charge in [-0.1, -0.05) is 51.0 Å². The second-order valence-corrected chi connectivity index (χ2v) is 6.07. The summed E-state index contributed by atoms with van der Waals surface area (Å²) in [7, 11) is 0. The third kappa shape index (κ3) is 8.75. The Labute approximate surface area is 131 Å². The maximum absolute atomic E-state index is 12.1. The van der Waals surface area contributed by atoms with Crippen molar-refractivity contribution >= 4 is 5.91 Å². The van der Waals surface area contributed by atoms with Gasteiger partial charge in [-0.2, -0.15) is 0 Å². The molecule has 0 heterocycles. The second kappa shape index (κ2) is 11.6. The van der Waals surface area contributed by atoms with Crippen molar-refractivity contribution in [3.05, 3.63) is 24.3 Å². The Kier molecular flexibility index (Phi) is 9.94. The predicted molar refractivity (Wildman–Crippen MR) is 91.3 cm³/mol. The van der Waals surface area contributed by atoms with E-state index in [2.05, 4.69) is 38.2 Å². The average molecular weight is 291 g/mol. The van der Waals surface area contributed by atoms with Gasteiger partial charge in [-0.3, -0.25) is 4.79 Å². The highest BCUT2D eigenvalue weighted by Crippen LogP contribution is 2.31. The van der Waals surface area contributed by atoms with E-state index in [9.17, 15) is 4.79 Å². The Morgan fingerprint density at radius 3 is 2.24 bits per heavy atom. The lowest BCUT2D eigenvalue weighted by Gasteiger charge is -2.20. The molecule has 0 N–H and O–H groups in total. The average Bonchev–Trinajstić information content (AvgIpc) is 3.32. The smallest absolute Gasteiger partial charge is 0.225 e. The van der Waals surface area contributed by atoms with E-state index in [0.717, 1.165) is 45.2 Å². The molecule has 0 aromatic heterocycles. The van der Waals surface area contributed by atoms with Crippen LogP contribution in [0, 0.1) is 5.92 Å². The zero-order chi connectivity index (χ0) is 15.3. The predicted octanol–water partition coefficient (Wildman–Crippen LogP) is 5.11. The Morgan fingerprint density at radius 2 is 1.62 bits per heavy atom. The van der Waals surface area contributed by atoms with Crippen LogP contribution >= 0.6 is 0 Å². The van der Waals surface area contributed by atoms with Crippen LogP contribution < -0.4 is 0 Å². The molecule has 0 bridgehead atoms. The van der Waals surface area contributed by atoms with Crippen LogP contribution in [-0.2, 0) is 4.79 Å². The zero-order valence-electron chi connectivity index (χ0n) is 14.0. The summed E-state index contributed by atoms with van der Waals surface area (Å²) >= 11 is 0. The number of carbonyl (C=O) groups is 1. The molecule has 1 fully saturated rings. The number of unbranched alkanes of at least 4 members (excludes halogenated alkanes) is 4. The Hall–Kier alpha value is -1.05. The van der Waals surface area contributed by atoms with Crippen LogP contribution in [-0.4, -0.2) is 23.9 Å². The van der Waals surface area contributed by atoms with Crippen molar-refractivity contribution in [3.8, 4) is 0 Å². The highest BCUT2D eigenvalue weighted by atomic mass is 16.2. The molecule has 1 rings (SSSR count). The molecule has 120 valence electrons. The van der Waals surface area contributed by atoms with E-state index in [4.69, 9.17) is 0 Å². The van der Waals surface area contributed by atoms with E-state index in [1.165, 1.54) is 25.7 Å². The Bertz CT molecular complexity index is 328. The number of carbonyl (C=O) groups excluding carboxylic acids is 1. The van der Waals surface area contributed by atoms with Crippen molar-refractivity contribution in [2.24, 2.45) is 5.92 Å². The molecular weight excluding hydrogens is 258 g/mol. The lowest BCUT2D eigenvalue weighted by molar-refractivity contribution is -0.132. The van der Waals surface area contributed by atoms with Gasteiger partial charge in [0.15, 0.2) is 0 Å². The molecule has 0 aromatic rings. The van der Waals surface area contributed by atoms with E-state index >= 15 is 0 Å². The molecule has 0 aromatic carbocycles. The highest BCUT2D eigenvalue weighted by molar-refractivity contribution is 5.81. The minimum atomic E-state index is 0.344. The molecule has 1 amide bonds. The summed E-state index contributed by atoms with van der Waals surface area (Å²) in [5.41, 5.74) is 0. The molecule has 0 unspecified atom stereocenters. The first kappa shape index (κ1) is 18.0. The third-order valence-electron chi connectivity index (χ3n) is 3.87. The van der Waals surface area contributed by atoms with Crippen molar-refractivity contribution in [2.75, 3.05) is 13.1 Å². The summed E-state index contributed by atoms with van der Waals surface area (Å²) in [6.45, 7) is 6.07. The van der Waals surface area contributed by atoms with Gasteiger partial charge in [-0.05, 0) is 44.9 Å². The maximum Gasteiger partial charge on any atom is 0.225 e. The molecule has 2 nitrogen and oxygen atoms in total. The number of hydrogen-bond donors (Lipinski definition) is 0. The van der Waals surface area contributed by atoms with Gasteiger partial charge < -0.3 is 4.90 Å². The summed E-state index contributed by atoms with van der Waals surface area (Å²) in [6.07, 6.45) is 19.6. The maximum atomic E-state index is 12.1. The molecule has 2 heteroatoms. The summed E-state index contributed by atoms with van der Waals surface area (Å²) in [5.74, 6) is 0.716. The van der Waals surface area contributed by atoms with Crippen LogP contribution in [0.1, 0.15) is 71.6 Å². The summed E-state index contributed by atoms with van der Waals surface area (Å²) in [5, 5.41) is 0. The molecule has 1 saturated carbocycles. The minimum absolute atomic E-state index is 0.344. The number of hydrogen-bond acceptors (Lipinski definition) is 1. The number of rotatable bonds is 12. The summed E-state index contributed by atoms with van der Waals surface area (Å²) in [4.78, 5) is 14.1. The number of nitrogens with zero attached hydrogens (tertiary/aromatic N) is 1. The molecule has 0 aliphatic heterocycles. The van der Waals surface area contributed by atoms with Crippen LogP contribution in [0.25, 0.3) is 0 Å². The van der Waals surface area contributed by atoms with E-state index in [-0.39, 0.29) is 0 Å². The fourth-order valence-corrected chi connectivity index (χ4v) is 2.41. The van der Waals surface area contributed by atoms with E-state index in [0.29, 0.717) is 11.8 Å². The van der Waals surface area contributed by atoms with Crippen LogP contribution in [0.5, 0.6) is 0 Å². The fourth-order valence-electron chi connectivity index (χ4n) is 2.41. The molecule has 0 radical (unpaired) electrons. The second-order valence-electron chi connectivity index (χ2n) is 6.07. The molecule has 0 atom stereocenters. The largest absolute Gasteiger partial charge is 0.339 e. The van der Waals surface area contributed by atoms with Gasteiger partial charge in [0.1, 0.15) is 0 Å². The first-order valence-electron chi connectivity index (χ1n) is 8.88. The van der Waals surface area contributed by atoms with Crippen molar-refractivity contribution in [2.45, 2.75) is 71.6 Å². The van der Waals surface area contributed by atoms with Gasteiger partial charge in [-0.25, -0.2) is 0 Å². The van der Waals surface area contributed by atoms with E-state index < -0.39 is 0 Å². The van der Waals surface area contributed by atoms with Crippen molar-refractivity contribution in [3.63, 3.8) is 0 Å². The molecule has 0 saturated heterocycles. The number of amides is 1. The topological polar surface area (TPSA) is 20.3 Å². The van der Waals surface area contributed by atoms with Gasteiger partial charge in [-0.15, -0.1) is 0 Å². The molecule has 1 aliphatic carbocycles. The third-order valence-corrected chi connectivity index (χ3v) is 3.87. The minimum Gasteiger partial charge on any atom is -0.339 e. The van der Waals surface area contributed by atoms with Crippen LogP contribution in [0.4, 0.5) is 0 Å². The Morgan fingerprint density at radius 1 is 0.952 bits per heavy atom. The van der Waals surface area contributed by atoms with Crippen LogP contribution in [0.15, 0.2) is 24.3 Å². The highest BCUT2D eigenvalue weighted by Gasteiger charge is 2.32. The molecule has 21 heavy (non-hydrogen) atoms. The van der Waals surface area contributed by atoms with Gasteiger partial charge in [0.05, 0.1) is 0 Å². The lowest BCUT2D eigenvalue weighted by atomic mass is 10.2. The van der Waals surface area contributed by atoms with Crippen molar-refractivity contribution in [1.29, 1.82) is 0 Å². The van der Waals surface area contributed by atoms with Gasteiger partial charge >= 0.3 is 0 Å². The summed E-state index contributed by atoms with van der Waals surface area (Å²) in [6, 6.07) is 0. The van der Waals surface area contributed by atoms with Gasteiger partial charge in [0, 0.05) is 19.0 Å². The summed E-state index contributed by atoms with van der Waals surface area (Å²) < 4.78 is 0. The van der Waals surface area contributed by atoms with Crippen LogP contribution in [0.2, 0.25) is 0 Å². The molecule has 0 spiro atoms. The number of allylic oxidation sites excluding steroid dienone is 3. The van der Waals surface area contributed by atoms with E-state index in [1.54, 1.807) is 0 Å². The van der Waals surface area contributed by atoms with Gasteiger partial charge in [0.2, 0.25) is 5.91 Å². The van der Waals surface area contributed by atoms with Crippen molar-refractivity contribution < 1.29 is 4.79 Å². The first-order valence-corrected chi connectivity index (χ1v) is 8.88. The van der Waals surface area contributed by atoms with E-state index in [1.807, 2.05) is 4.90 Å². The lowest BCUT2D eigenvalue weighted by Crippen LogP contribution is -2.33. The quantitative estimate of drug-likeness (QED) is 0.361. The normalized spacial score (nSPS) is 15.1. The zero-order valence-corrected chi connectivity index (χ0v) is 14.0. The van der Waals surface area contributed by atoms with Crippen molar-refractivity contribution in [1.82, 2.24) is 4.90 Å². The van der Waals surface area contributed by atoms with Gasteiger partial charge in [0.25, 0.3) is 0 Å². The molecule has 1 aliphatic rings. The monoisotopic (exact) mass is 291 g/mol. The van der Waals surface area contributed by atoms with Crippen LogP contribution in [0.3, 0.4) is 0 Å². The Balaban J connectivity index is 2.09. The fraction of sp³-hybridized carbons (Fsp3) is 0.737. The molecular formula is C19H33NO. The standard InChI is InChI=1S/C19H33NO/c1-3-5-6-7-8-9-10-11-12-13-17-20(16-4-2)19(21)18-14-15-18/h8-9,12-13,18H,3-7,10-11,14-17H2,1-2H3/b9-8-,13-12+.